The second-order valence-electron chi connectivity index (χ2n) is 0.513. The molecule has 7 heteroatoms. The molecular weight excluding hydrogens is 127 g/mol. The Labute approximate surface area is 66.7 Å². The Morgan fingerprint density at radius 1 is 1.14 bits per heavy atom. The van der Waals surface area contributed by atoms with Crippen molar-refractivity contribution in [2.45, 2.75) is 0 Å². The zero-order valence-electron chi connectivity index (χ0n) is 2.20. The summed E-state index contributed by atoms with van der Waals surface area (Å²) in [6, 6.07) is 0. The van der Waals surface area contributed by atoms with Crippen molar-refractivity contribution >= 4 is 47.5 Å². The van der Waals surface area contributed by atoms with Gasteiger partial charge in [0.25, 0.3) is 0 Å². The van der Waals surface area contributed by atoms with Gasteiger partial charge in [0.1, 0.15) is 0 Å². The first kappa shape index (κ1) is 15.7. The van der Waals surface area contributed by atoms with E-state index in [-0.39, 0.29) is 39.7 Å². The second kappa shape index (κ2) is 5.42. The van der Waals surface area contributed by atoms with Gasteiger partial charge in [-0.2, -0.15) is 0 Å². The van der Waals surface area contributed by atoms with E-state index in [0.717, 1.165) is 0 Å². The van der Waals surface area contributed by atoms with Crippen molar-refractivity contribution in [1.82, 2.24) is 0 Å². The molecule has 0 bridgehead atoms. The number of phosphoric acid groups is 1. The molecule has 0 fully saturated rings. The quantitative estimate of drug-likeness (QED) is 0.252. The van der Waals surface area contributed by atoms with E-state index < -0.39 is 7.82 Å². The average molecular weight is 133 g/mol. The molecule has 38 valence electrons. The van der Waals surface area contributed by atoms with E-state index in [4.69, 9.17) is 19.2 Å². The van der Waals surface area contributed by atoms with Gasteiger partial charge in [-0.15, -0.1) is 0 Å². The molecule has 0 rings (SSSR count). The SMILES string of the molecule is O=P(O)(O)O.[BeH2].[NaH]. The van der Waals surface area contributed by atoms with Crippen molar-refractivity contribution in [2.24, 2.45) is 0 Å². The minimum atomic E-state index is -4.64. The molecule has 0 aliphatic carbocycles. The standard InChI is InChI=1S/Be.Na.H3O4P.3H/c;;1-5(2,3)4;;;/h;;(H3,1,2,3,4);;;. The Balaban J connectivity index is -0.0000000800. The van der Waals surface area contributed by atoms with E-state index in [9.17, 15) is 0 Å². The van der Waals surface area contributed by atoms with Gasteiger partial charge < -0.3 is 14.7 Å². The van der Waals surface area contributed by atoms with Crippen LogP contribution in [-0.4, -0.2) is 54.4 Å². The summed E-state index contributed by atoms with van der Waals surface area (Å²) >= 11 is 0. The van der Waals surface area contributed by atoms with Crippen LogP contribution >= 0.6 is 7.82 Å². The van der Waals surface area contributed by atoms with E-state index in [0.29, 0.717) is 0 Å². The van der Waals surface area contributed by atoms with E-state index in [1.807, 2.05) is 0 Å². The minimum absolute atomic E-state index is 0. The van der Waals surface area contributed by atoms with Crippen molar-refractivity contribution in [3.8, 4) is 0 Å². The molecule has 0 aliphatic rings. The fourth-order valence-electron chi connectivity index (χ4n) is 0. The maximum absolute atomic E-state index is 8.88. The van der Waals surface area contributed by atoms with Crippen LogP contribution in [0.25, 0.3) is 0 Å². The predicted molar refractivity (Wildman–Crippen MR) is 30.0 cm³/mol. The van der Waals surface area contributed by atoms with Crippen LogP contribution in [0, 0.1) is 0 Å². The molecule has 0 radical (unpaired) electrons. The predicted octanol–water partition coefficient (Wildman–Crippen LogP) is -2.49. The van der Waals surface area contributed by atoms with Crippen molar-refractivity contribution in [2.75, 3.05) is 0 Å². The maximum atomic E-state index is 8.88. The fraction of sp³-hybridized carbons (Fsp3) is 0. The van der Waals surface area contributed by atoms with Crippen LogP contribution in [0.1, 0.15) is 0 Å². The van der Waals surface area contributed by atoms with Crippen LogP contribution in [0.3, 0.4) is 0 Å². The molecule has 0 aromatic carbocycles. The fourth-order valence-corrected chi connectivity index (χ4v) is 0. The molecule has 0 heterocycles. The van der Waals surface area contributed by atoms with E-state index in [1.165, 1.54) is 0 Å². The van der Waals surface area contributed by atoms with Crippen LogP contribution in [0.2, 0.25) is 0 Å². The number of hydrogen-bond acceptors (Lipinski definition) is 1. The van der Waals surface area contributed by atoms with Gasteiger partial charge in [0, 0.05) is 0 Å². The third kappa shape index (κ3) is 124. The first-order chi connectivity index (χ1) is 2.00. The normalized spacial score (nSPS) is 8.43. The summed E-state index contributed by atoms with van der Waals surface area (Å²) < 4.78 is 8.88. The molecule has 0 aromatic rings. The molecule has 3 N–H and O–H groups in total. The van der Waals surface area contributed by atoms with Crippen LogP contribution in [-0.2, 0) is 4.57 Å². The van der Waals surface area contributed by atoms with Gasteiger partial charge in [-0.1, -0.05) is 0 Å². The van der Waals surface area contributed by atoms with Gasteiger partial charge in [-0.25, -0.2) is 4.57 Å². The Kier molecular flexibility index (Phi) is 12.2. The van der Waals surface area contributed by atoms with E-state index in [2.05, 4.69) is 0 Å². The summed E-state index contributed by atoms with van der Waals surface area (Å²) in [6.45, 7) is 0. The van der Waals surface area contributed by atoms with Crippen LogP contribution in [0.5, 0.6) is 0 Å². The molecule has 7 heavy (non-hydrogen) atoms. The Morgan fingerprint density at radius 3 is 1.14 bits per heavy atom. The second-order valence-corrected chi connectivity index (χ2v) is 1.54. The molecule has 0 saturated carbocycles. The number of hydrogen-bond donors (Lipinski definition) is 3. The summed E-state index contributed by atoms with van der Waals surface area (Å²) in [5.74, 6) is 0. The molecule has 4 nitrogen and oxygen atoms in total. The van der Waals surface area contributed by atoms with Gasteiger partial charge in [-0.3, -0.25) is 0 Å². The van der Waals surface area contributed by atoms with E-state index >= 15 is 0 Å². The summed E-state index contributed by atoms with van der Waals surface area (Å²) in [5.41, 5.74) is 0. The molecule has 0 spiro atoms. The van der Waals surface area contributed by atoms with Crippen LogP contribution < -0.4 is 0 Å². The Hall–Kier alpha value is 1.28. The van der Waals surface area contributed by atoms with Gasteiger partial charge in [0.15, 0.2) is 0 Å². The van der Waals surface area contributed by atoms with Gasteiger partial charge in [0.2, 0.25) is 0 Å². The molecule has 0 aliphatic heterocycles. The van der Waals surface area contributed by atoms with Gasteiger partial charge >= 0.3 is 47.5 Å². The Bertz CT molecular complexity index is 57.8. The van der Waals surface area contributed by atoms with Crippen molar-refractivity contribution in [3.63, 3.8) is 0 Å². The first-order valence-electron chi connectivity index (χ1n) is 0.783. The third-order valence-corrected chi connectivity index (χ3v) is 0. The molecule has 0 unspecified atom stereocenters. The van der Waals surface area contributed by atoms with Crippen molar-refractivity contribution in [3.05, 3.63) is 0 Å². The molecule has 0 amide bonds. The van der Waals surface area contributed by atoms with Crippen molar-refractivity contribution < 1.29 is 19.2 Å². The Morgan fingerprint density at radius 2 is 1.14 bits per heavy atom. The summed E-state index contributed by atoms with van der Waals surface area (Å²) in [5, 5.41) is 0. The van der Waals surface area contributed by atoms with Gasteiger partial charge in [-0.05, 0) is 0 Å². The third-order valence-electron chi connectivity index (χ3n) is 0. The zero-order valence-corrected chi connectivity index (χ0v) is 3.09. The van der Waals surface area contributed by atoms with Crippen LogP contribution in [0.4, 0.5) is 0 Å². The average Bonchev–Trinajstić information content (AvgIpc) is 0.722. The molecule has 0 aromatic heterocycles. The summed E-state index contributed by atoms with van der Waals surface area (Å²) in [7, 11) is -4.64. The first-order valence-corrected chi connectivity index (χ1v) is 2.35. The monoisotopic (exact) mass is 133 g/mol. The van der Waals surface area contributed by atoms with Crippen molar-refractivity contribution in [1.29, 1.82) is 0 Å². The summed E-state index contributed by atoms with van der Waals surface area (Å²) in [4.78, 5) is 21.6. The zero-order chi connectivity index (χ0) is 4.50. The van der Waals surface area contributed by atoms with Gasteiger partial charge in [0.05, 0.1) is 0 Å². The molecular formula is H6BeNaO4P. The topological polar surface area (TPSA) is 77.8 Å². The number of rotatable bonds is 0. The van der Waals surface area contributed by atoms with E-state index in [1.54, 1.807) is 0 Å². The molecule has 0 atom stereocenters. The summed E-state index contributed by atoms with van der Waals surface area (Å²) in [6.07, 6.45) is 0. The molecule has 0 saturated heterocycles. The van der Waals surface area contributed by atoms with Crippen LogP contribution in [0.15, 0.2) is 0 Å².